The maximum atomic E-state index is 12.8. The smallest absolute Gasteiger partial charge is 0.308 e. The topological polar surface area (TPSA) is 110 Å². The van der Waals surface area contributed by atoms with Crippen LogP contribution in [0.3, 0.4) is 0 Å². The van der Waals surface area contributed by atoms with E-state index in [1.165, 1.54) is 0 Å². The van der Waals surface area contributed by atoms with E-state index in [4.69, 9.17) is 9.84 Å². The minimum Gasteiger partial charge on any atom is -0.481 e. The Morgan fingerprint density at radius 2 is 1.79 bits per heavy atom. The fourth-order valence-electron chi connectivity index (χ4n) is 1.74. The number of rotatable bonds is 7. The molecule has 0 heterocycles. The maximum absolute atomic E-state index is 12.8. The average molecular weight is 361 g/mol. The standard InChI is InChI=1S/C15H20FNO6S/c1-15(2,3)23-13(18)8-10(14(19)20)9-17-24(21,22)12-6-4-11(16)5-7-12/h4-7,10,17H,8-9H2,1-3H3,(H,19,20)/t10-/m0/s1. The van der Waals surface area contributed by atoms with Crippen molar-refractivity contribution in [2.24, 2.45) is 5.92 Å². The monoisotopic (exact) mass is 361 g/mol. The highest BCUT2D eigenvalue weighted by Crippen LogP contribution is 2.14. The molecule has 134 valence electrons. The zero-order valence-corrected chi connectivity index (χ0v) is 14.4. The second-order valence-electron chi connectivity index (χ2n) is 6.13. The highest BCUT2D eigenvalue weighted by Gasteiger charge is 2.27. The van der Waals surface area contributed by atoms with Gasteiger partial charge in [0.2, 0.25) is 10.0 Å². The maximum Gasteiger partial charge on any atom is 0.308 e. The second-order valence-corrected chi connectivity index (χ2v) is 7.90. The molecule has 1 atom stereocenters. The third kappa shape index (κ3) is 6.63. The quantitative estimate of drug-likeness (QED) is 0.713. The summed E-state index contributed by atoms with van der Waals surface area (Å²) in [5, 5.41) is 9.13. The minimum atomic E-state index is -4.01. The number of halogens is 1. The van der Waals surface area contributed by atoms with E-state index in [0.29, 0.717) is 0 Å². The molecule has 0 radical (unpaired) electrons. The van der Waals surface area contributed by atoms with E-state index in [-0.39, 0.29) is 4.90 Å². The van der Waals surface area contributed by atoms with Gasteiger partial charge in [0.05, 0.1) is 17.2 Å². The summed E-state index contributed by atoms with van der Waals surface area (Å²) in [4.78, 5) is 22.7. The summed E-state index contributed by atoms with van der Waals surface area (Å²) < 4.78 is 44.0. The fourth-order valence-corrected chi connectivity index (χ4v) is 2.82. The Morgan fingerprint density at radius 3 is 2.25 bits per heavy atom. The summed E-state index contributed by atoms with van der Waals surface area (Å²) in [7, 11) is -4.01. The number of carbonyl (C=O) groups is 2. The third-order valence-electron chi connectivity index (χ3n) is 2.83. The van der Waals surface area contributed by atoms with Gasteiger partial charge in [-0.05, 0) is 45.0 Å². The first kappa shape index (κ1) is 20.0. The molecule has 0 spiro atoms. The van der Waals surface area contributed by atoms with Crippen molar-refractivity contribution in [1.82, 2.24) is 4.72 Å². The van der Waals surface area contributed by atoms with Gasteiger partial charge < -0.3 is 9.84 Å². The predicted octanol–water partition coefficient (Wildman–Crippen LogP) is 1.54. The molecule has 0 amide bonds. The van der Waals surface area contributed by atoms with Crippen molar-refractivity contribution >= 4 is 22.0 Å². The number of benzene rings is 1. The summed E-state index contributed by atoms with van der Waals surface area (Å²) in [6, 6.07) is 4.07. The molecule has 1 rings (SSSR count). The van der Waals surface area contributed by atoms with E-state index in [9.17, 15) is 22.4 Å². The first-order valence-electron chi connectivity index (χ1n) is 7.10. The van der Waals surface area contributed by atoms with Gasteiger partial charge in [-0.2, -0.15) is 0 Å². The predicted molar refractivity (Wildman–Crippen MR) is 83.2 cm³/mol. The lowest BCUT2D eigenvalue weighted by Gasteiger charge is -2.21. The fraction of sp³-hybridized carbons (Fsp3) is 0.467. The Labute approximate surface area is 139 Å². The minimum absolute atomic E-state index is 0.203. The van der Waals surface area contributed by atoms with Gasteiger partial charge in [-0.15, -0.1) is 0 Å². The lowest BCUT2D eigenvalue weighted by molar-refractivity contribution is -0.159. The highest BCUT2D eigenvalue weighted by atomic mass is 32.2. The first-order valence-corrected chi connectivity index (χ1v) is 8.59. The number of carbonyl (C=O) groups excluding carboxylic acids is 1. The van der Waals surface area contributed by atoms with Gasteiger partial charge in [-0.3, -0.25) is 9.59 Å². The number of ether oxygens (including phenoxy) is 1. The molecule has 0 saturated heterocycles. The summed E-state index contributed by atoms with van der Waals surface area (Å²) in [6.07, 6.45) is -0.474. The van der Waals surface area contributed by atoms with Crippen LogP contribution < -0.4 is 4.72 Å². The van der Waals surface area contributed by atoms with Crippen LogP contribution in [0, 0.1) is 11.7 Å². The van der Waals surface area contributed by atoms with Crippen LogP contribution in [0.15, 0.2) is 29.2 Å². The van der Waals surface area contributed by atoms with Crippen LogP contribution >= 0.6 is 0 Å². The molecule has 0 fully saturated rings. The molecule has 0 aliphatic carbocycles. The molecule has 7 nitrogen and oxygen atoms in total. The van der Waals surface area contributed by atoms with Crippen LogP contribution in [-0.4, -0.2) is 37.6 Å². The molecular formula is C15H20FNO6S. The Morgan fingerprint density at radius 1 is 1.25 bits per heavy atom. The zero-order chi connectivity index (χ0) is 18.5. The Hall–Kier alpha value is -2.00. The van der Waals surface area contributed by atoms with Crippen molar-refractivity contribution < 1.29 is 32.2 Å². The molecule has 0 aliphatic heterocycles. The molecule has 0 aromatic heterocycles. The van der Waals surface area contributed by atoms with Gasteiger partial charge in [-0.1, -0.05) is 0 Å². The second kappa shape index (κ2) is 7.71. The molecule has 0 saturated carbocycles. The van der Waals surface area contributed by atoms with E-state index in [0.717, 1.165) is 24.3 Å². The highest BCUT2D eigenvalue weighted by molar-refractivity contribution is 7.89. The summed E-state index contributed by atoms with van der Waals surface area (Å²) in [5.74, 6) is -3.95. The van der Waals surface area contributed by atoms with Crippen LogP contribution in [-0.2, 0) is 24.3 Å². The van der Waals surface area contributed by atoms with Gasteiger partial charge in [-0.25, -0.2) is 17.5 Å². The van der Waals surface area contributed by atoms with Crippen molar-refractivity contribution in [2.45, 2.75) is 37.7 Å². The van der Waals surface area contributed by atoms with Gasteiger partial charge >= 0.3 is 11.9 Å². The Bertz CT molecular complexity index is 694. The molecule has 2 N–H and O–H groups in total. The van der Waals surface area contributed by atoms with Crippen molar-refractivity contribution in [1.29, 1.82) is 0 Å². The van der Waals surface area contributed by atoms with E-state index < -0.39 is 52.3 Å². The first-order chi connectivity index (χ1) is 10.9. The number of carboxylic acids is 1. The largest absolute Gasteiger partial charge is 0.481 e. The van der Waals surface area contributed by atoms with Gasteiger partial charge in [0.25, 0.3) is 0 Å². The molecule has 0 aliphatic rings. The summed E-state index contributed by atoms with van der Waals surface area (Å²) in [6.45, 7) is 4.42. The number of esters is 1. The molecule has 0 bridgehead atoms. The van der Waals surface area contributed by atoms with Crippen LogP contribution in [0.5, 0.6) is 0 Å². The van der Waals surface area contributed by atoms with E-state index in [1.54, 1.807) is 20.8 Å². The number of hydrogen-bond donors (Lipinski definition) is 2. The lowest BCUT2D eigenvalue weighted by atomic mass is 10.1. The van der Waals surface area contributed by atoms with Crippen LogP contribution in [0.2, 0.25) is 0 Å². The average Bonchev–Trinajstić information content (AvgIpc) is 2.41. The normalized spacial score (nSPS) is 13.3. The van der Waals surface area contributed by atoms with Crippen LogP contribution in [0.1, 0.15) is 27.2 Å². The van der Waals surface area contributed by atoms with Gasteiger partial charge in [0.1, 0.15) is 11.4 Å². The zero-order valence-electron chi connectivity index (χ0n) is 13.6. The number of sulfonamides is 1. The van der Waals surface area contributed by atoms with Crippen molar-refractivity contribution in [3.8, 4) is 0 Å². The molecular weight excluding hydrogens is 341 g/mol. The van der Waals surface area contributed by atoms with Crippen LogP contribution in [0.25, 0.3) is 0 Å². The molecule has 0 unspecified atom stereocenters. The summed E-state index contributed by atoms with van der Waals surface area (Å²) >= 11 is 0. The summed E-state index contributed by atoms with van der Waals surface area (Å²) in [5.41, 5.74) is -0.770. The third-order valence-corrected chi connectivity index (χ3v) is 4.27. The number of nitrogens with one attached hydrogen (secondary N) is 1. The molecule has 1 aromatic rings. The van der Waals surface area contributed by atoms with Gasteiger partial charge in [0, 0.05) is 6.54 Å². The van der Waals surface area contributed by atoms with Crippen molar-refractivity contribution in [2.75, 3.05) is 6.54 Å². The molecule has 24 heavy (non-hydrogen) atoms. The SMILES string of the molecule is CC(C)(C)OC(=O)C[C@@H](CNS(=O)(=O)c1ccc(F)cc1)C(=O)O. The lowest BCUT2D eigenvalue weighted by Crippen LogP contribution is -2.35. The molecule has 1 aromatic carbocycles. The Kier molecular flexibility index (Phi) is 6.44. The number of carboxylic acid groups (broad SMARTS) is 1. The van der Waals surface area contributed by atoms with Crippen molar-refractivity contribution in [3.63, 3.8) is 0 Å². The van der Waals surface area contributed by atoms with E-state index >= 15 is 0 Å². The van der Waals surface area contributed by atoms with E-state index in [2.05, 4.69) is 4.72 Å². The number of hydrogen-bond acceptors (Lipinski definition) is 5. The van der Waals surface area contributed by atoms with Gasteiger partial charge in [0.15, 0.2) is 0 Å². The number of aliphatic carboxylic acids is 1. The Balaban J connectivity index is 2.74. The van der Waals surface area contributed by atoms with Crippen molar-refractivity contribution in [3.05, 3.63) is 30.1 Å². The molecule has 9 heteroatoms. The van der Waals surface area contributed by atoms with Crippen LogP contribution in [0.4, 0.5) is 4.39 Å². The van der Waals surface area contributed by atoms with E-state index in [1.807, 2.05) is 0 Å².